The second-order valence-corrected chi connectivity index (χ2v) is 4.87. The first-order chi connectivity index (χ1) is 10.7. The number of carbonyl (C=O) groups is 1. The van der Waals surface area contributed by atoms with Crippen LogP contribution in [0, 0.1) is 0 Å². The Morgan fingerprint density at radius 3 is 2.86 bits per heavy atom. The molecule has 2 heterocycles. The summed E-state index contributed by atoms with van der Waals surface area (Å²) >= 11 is 0. The number of para-hydroxylation sites is 1. The molecule has 0 aliphatic heterocycles. The second-order valence-electron chi connectivity index (χ2n) is 4.87. The smallest absolute Gasteiger partial charge is 0.355 e. The molecule has 0 spiro atoms. The Morgan fingerprint density at radius 2 is 2.14 bits per heavy atom. The minimum atomic E-state index is -0.954. The van der Waals surface area contributed by atoms with E-state index in [2.05, 4.69) is 9.97 Å². The third kappa shape index (κ3) is 2.46. The molecule has 1 unspecified atom stereocenters. The summed E-state index contributed by atoms with van der Waals surface area (Å²) in [6.45, 7) is 2.02. The molecule has 3 aromatic rings. The first-order valence-corrected chi connectivity index (χ1v) is 7.08. The monoisotopic (exact) mass is 296 g/mol. The number of hydrogen-bond acceptors (Lipinski definition) is 4. The lowest BCUT2D eigenvalue weighted by molar-refractivity contribution is 0.0515. The van der Waals surface area contributed by atoms with Crippen LogP contribution in [0.5, 0.6) is 0 Å². The van der Waals surface area contributed by atoms with Gasteiger partial charge in [0.2, 0.25) is 0 Å². The maximum atomic E-state index is 12.2. The lowest BCUT2D eigenvalue weighted by Gasteiger charge is -2.12. The number of benzene rings is 1. The molecule has 0 aliphatic carbocycles. The fraction of sp³-hybridized carbons (Fsp3) is 0.176. The van der Waals surface area contributed by atoms with Gasteiger partial charge in [-0.15, -0.1) is 0 Å². The van der Waals surface area contributed by atoms with Gasteiger partial charge >= 0.3 is 5.97 Å². The summed E-state index contributed by atoms with van der Waals surface area (Å²) in [5.41, 5.74) is 2.20. The molecular formula is C17H16N2O3. The Kier molecular flexibility index (Phi) is 3.89. The number of fused-ring (bicyclic) bond motifs is 1. The summed E-state index contributed by atoms with van der Waals surface area (Å²) in [7, 11) is 0. The van der Waals surface area contributed by atoms with Gasteiger partial charge < -0.3 is 14.8 Å². The molecular weight excluding hydrogens is 280 g/mol. The zero-order chi connectivity index (χ0) is 15.5. The average molecular weight is 296 g/mol. The first kappa shape index (κ1) is 14.3. The van der Waals surface area contributed by atoms with Crippen molar-refractivity contribution in [2.75, 3.05) is 6.61 Å². The van der Waals surface area contributed by atoms with Crippen molar-refractivity contribution in [1.29, 1.82) is 0 Å². The highest BCUT2D eigenvalue weighted by molar-refractivity contribution is 5.98. The lowest BCUT2D eigenvalue weighted by atomic mass is 9.99. The zero-order valence-corrected chi connectivity index (χ0v) is 12.1. The van der Waals surface area contributed by atoms with Crippen LogP contribution in [0.3, 0.4) is 0 Å². The third-order valence-electron chi connectivity index (χ3n) is 3.50. The summed E-state index contributed by atoms with van der Waals surface area (Å²) in [5, 5.41) is 11.5. The van der Waals surface area contributed by atoms with Crippen molar-refractivity contribution in [2.24, 2.45) is 0 Å². The molecule has 0 saturated heterocycles. The van der Waals surface area contributed by atoms with Crippen molar-refractivity contribution in [3.05, 3.63) is 65.6 Å². The predicted octanol–water partition coefficient (Wildman–Crippen LogP) is 2.82. The summed E-state index contributed by atoms with van der Waals surface area (Å²) < 4.78 is 5.09. The number of pyridine rings is 1. The molecule has 0 saturated carbocycles. The zero-order valence-electron chi connectivity index (χ0n) is 12.1. The highest BCUT2D eigenvalue weighted by Gasteiger charge is 2.25. The SMILES string of the molecule is CCOC(=O)c1[nH]c2ccccc2c1C(O)c1cccnc1. The number of esters is 1. The van der Waals surface area contributed by atoms with Crippen LogP contribution >= 0.6 is 0 Å². The molecule has 1 aromatic carbocycles. The van der Waals surface area contributed by atoms with E-state index < -0.39 is 12.1 Å². The van der Waals surface area contributed by atoms with Crippen LogP contribution in [0.2, 0.25) is 0 Å². The van der Waals surface area contributed by atoms with Crippen LogP contribution in [-0.2, 0) is 4.74 Å². The van der Waals surface area contributed by atoms with E-state index in [4.69, 9.17) is 4.74 Å². The number of aliphatic hydroxyl groups excluding tert-OH is 1. The predicted molar refractivity (Wildman–Crippen MR) is 82.6 cm³/mol. The van der Waals surface area contributed by atoms with E-state index in [0.717, 1.165) is 10.9 Å². The molecule has 0 radical (unpaired) electrons. The van der Waals surface area contributed by atoms with E-state index in [1.165, 1.54) is 0 Å². The van der Waals surface area contributed by atoms with Gasteiger partial charge in [0, 0.05) is 34.4 Å². The number of carbonyl (C=O) groups excluding carboxylic acids is 1. The van der Waals surface area contributed by atoms with E-state index in [0.29, 0.717) is 11.1 Å². The molecule has 0 bridgehead atoms. The highest BCUT2D eigenvalue weighted by atomic mass is 16.5. The minimum absolute atomic E-state index is 0.274. The van der Waals surface area contributed by atoms with Crippen LogP contribution in [0.15, 0.2) is 48.8 Å². The van der Waals surface area contributed by atoms with Gasteiger partial charge in [0.25, 0.3) is 0 Å². The largest absolute Gasteiger partial charge is 0.461 e. The van der Waals surface area contributed by atoms with Gasteiger partial charge in [-0.1, -0.05) is 24.3 Å². The fourth-order valence-corrected chi connectivity index (χ4v) is 2.52. The van der Waals surface area contributed by atoms with Crippen LogP contribution in [0.25, 0.3) is 10.9 Å². The number of H-pyrrole nitrogens is 1. The van der Waals surface area contributed by atoms with E-state index in [-0.39, 0.29) is 12.3 Å². The molecule has 5 heteroatoms. The Hall–Kier alpha value is -2.66. The first-order valence-electron chi connectivity index (χ1n) is 7.08. The summed E-state index contributed by atoms with van der Waals surface area (Å²) in [4.78, 5) is 19.3. The molecule has 0 amide bonds. The van der Waals surface area contributed by atoms with Gasteiger partial charge in [-0.25, -0.2) is 4.79 Å². The normalized spacial score (nSPS) is 12.3. The summed E-state index contributed by atoms with van der Waals surface area (Å²) in [6, 6.07) is 11.0. The molecule has 2 aromatic heterocycles. The van der Waals surface area contributed by atoms with Crippen molar-refractivity contribution in [1.82, 2.24) is 9.97 Å². The number of aromatic nitrogens is 2. The number of ether oxygens (including phenoxy) is 1. The fourth-order valence-electron chi connectivity index (χ4n) is 2.52. The molecule has 112 valence electrons. The van der Waals surface area contributed by atoms with E-state index in [9.17, 15) is 9.90 Å². The molecule has 0 fully saturated rings. The summed E-state index contributed by atoms with van der Waals surface area (Å²) in [5.74, 6) is -0.475. The Labute approximate surface area is 127 Å². The summed E-state index contributed by atoms with van der Waals surface area (Å²) in [6.07, 6.45) is 2.27. The van der Waals surface area contributed by atoms with Gasteiger partial charge in [-0.2, -0.15) is 0 Å². The van der Waals surface area contributed by atoms with E-state index in [1.807, 2.05) is 24.3 Å². The van der Waals surface area contributed by atoms with Crippen molar-refractivity contribution >= 4 is 16.9 Å². The topological polar surface area (TPSA) is 75.2 Å². The second kappa shape index (κ2) is 5.99. The highest BCUT2D eigenvalue weighted by Crippen LogP contribution is 2.32. The number of nitrogens with zero attached hydrogens (tertiary/aromatic N) is 1. The minimum Gasteiger partial charge on any atom is -0.461 e. The molecule has 22 heavy (non-hydrogen) atoms. The van der Waals surface area contributed by atoms with E-state index >= 15 is 0 Å². The van der Waals surface area contributed by atoms with Gasteiger partial charge in [0.05, 0.1) is 6.61 Å². The average Bonchev–Trinajstić information content (AvgIpc) is 2.95. The molecule has 3 rings (SSSR count). The van der Waals surface area contributed by atoms with Crippen molar-refractivity contribution in [3.8, 4) is 0 Å². The lowest BCUT2D eigenvalue weighted by Crippen LogP contribution is -2.11. The maximum absolute atomic E-state index is 12.2. The Bertz CT molecular complexity index is 796. The molecule has 1 atom stereocenters. The van der Waals surface area contributed by atoms with Gasteiger partial charge in [0.1, 0.15) is 11.8 Å². The van der Waals surface area contributed by atoms with Crippen LogP contribution in [-0.4, -0.2) is 27.7 Å². The van der Waals surface area contributed by atoms with Crippen LogP contribution in [0.4, 0.5) is 0 Å². The van der Waals surface area contributed by atoms with Crippen molar-refractivity contribution in [2.45, 2.75) is 13.0 Å². The standard InChI is InChI=1S/C17H16N2O3/c1-2-22-17(21)15-14(12-7-3-4-8-13(12)19-15)16(20)11-6-5-9-18-10-11/h3-10,16,19-20H,2H2,1H3. The molecule has 0 aliphatic rings. The van der Waals surface area contributed by atoms with Crippen molar-refractivity contribution < 1.29 is 14.6 Å². The third-order valence-corrected chi connectivity index (χ3v) is 3.50. The quantitative estimate of drug-likeness (QED) is 0.726. The number of aromatic amines is 1. The molecule has 2 N–H and O–H groups in total. The van der Waals surface area contributed by atoms with E-state index in [1.54, 1.807) is 31.5 Å². The van der Waals surface area contributed by atoms with Crippen molar-refractivity contribution in [3.63, 3.8) is 0 Å². The number of aliphatic hydroxyl groups is 1. The van der Waals surface area contributed by atoms with Crippen LogP contribution in [0.1, 0.15) is 34.6 Å². The Morgan fingerprint density at radius 1 is 1.32 bits per heavy atom. The van der Waals surface area contributed by atoms with Crippen LogP contribution < -0.4 is 0 Å². The molecule has 5 nitrogen and oxygen atoms in total. The van der Waals surface area contributed by atoms with Gasteiger partial charge in [0.15, 0.2) is 0 Å². The Balaban J connectivity index is 2.17. The number of nitrogens with one attached hydrogen (secondary N) is 1. The maximum Gasteiger partial charge on any atom is 0.355 e. The van der Waals surface area contributed by atoms with Gasteiger partial charge in [-0.3, -0.25) is 4.98 Å². The van der Waals surface area contributed by atoms with Gasteiger partial charge in [-0.05, 0) is 19.1 Å². The number of hydrogen-bond donors (Lipinski definition) is 2. The number of rotatable bonds is 4.